The minimum Gasteiger partial charge on any atom is -0.369 e. The Hall–Kier alpha value is -2.15. The van der Waals surface area contributed by atoms with Crippen LogP contribution in [0.5, 0.6) is 0 Å². The molecule has 1 aliphatic carbocycles. The van der Waals surface area contributed by atoms with Gasteiger partial charge in [0.25, 0.3) is 0 Å². The maximum atomic E-state index is 13.0. The number of carbonyl (C=O) groups is 2. The second-order valence-corrected chi connectivity index (χ2v) is 7.10. The fourth-order valence-electron chi connectivity index (χ4n) is 3.65. The number of rotatable bonds is 4. The fraction of sp³-hybridized carbons (Fsp3) is 0.579. The van der Waals surface area contributed by atoms with E-state index in [2.05, 4.69) is 15.5 Å². The molecule has 1 aromatic carbocycles. The van der Waals surface area contributed by atoms with Crippen molar-refractivity contribution in [2.75, 3.05) is 37.6 Å². The molecular weight excluding hydrogens is 335 g/mol. The third-order valence-corrected chi connectivity index (χ3v) is 5.12. The maximum Gasteiger partial charge on any atom is 0.321 e. The summed E-state index contributed by atoms with van der Waals surface area (Å²) in [5.41, 5.74) is 0.988. The van der Waals surface area contributed by atoms with Gasteiger partial charge < -0.3 is 10.2 Å². The number of urea groups is 1. The van der Waals surface area contributed by atoms with E-state index in [0.717, 1.165) is 57.5 Å². The Morgan fingerprint density at radius 2 is 1.65 bits per heavy atom. The van der Waals surface area contributed by atoms with Crippen LogP contribution in [-0.4, -0.2) is 55.6 Å². The second-order valence-electron chi connectivity index (χ2n) is 7.10. The average Bonchev–Trinajstić information content (AvgIpc) is 2.64. The molecule has 26 heavy (non-hydrogen) atoms. The van der Waals surface area contributed by atoms with Gasteiger partial charge in [0.2, 0.25) is 5.91 Å². The van der Waals surface area contributed by atoms with Gasteiger partial charge in [0.1, 0.15) is 5.82 Å². The molecule has 1 saturated carbocycles. The summed E-state index contributed by atoms with van der Waals surface area (Å²) >= 11 is 0. The summed E-state index contributed by atoms with van der Waals surface area (Å²) in [6.07, 6.45) is 5.48. The maximum absolute atomic E-state index is 13.0. The first-order chi connectivity index (χ1) is 12.6. The lowest BCUT2D eigenvalue weighted by atomic mass is 9.96. The van der Waals surface area contributed by atoms with Crippen LogP contribution in [0.25, 0.3) is 0 Å². The molecule has 0 atom stereocenters. The molecule has 2 N–H and O–H groups in total. The molecule has 1 aromatic rings. The molecule has 1 saturated heterocycles. The van der Waals surface area contributed by atoms with Gasteiger partial charge >= 0.3 is 6.03 Å². The number of nitrogens with one attached hydrogen (secondary N) is 2. The Morgan fingerprint density at radius 3 is 2.31 bits per heavy atom. The standard InChI is InChI=1S/C19H27FN4O2/c20-15-6-8-17(9-7-15)24-12-10-23(11-13-24)14-18(25)22-19(26)21-16-4-2-1-3-5-16/h6-9,16H,1-5,10-14H2,(H2,21,22,25,26). The lowest BCUT2D eigenvalue weighted by molar-refractivity contribution is -0.121. The third-order valence-electron chi connectivity index (χ3n) is 5.12. The van der Waals surface area contributed by atoms with Crippen molar-refractivity contribution < 1.29 is 14.0 Å². The Bertz CT molecular complexity index is 608. The molecule has 3 amide bonds. The van der Waals surface area contributed by atoms with Crippen LogP contribution in [0, 0.1) is 5.82 Å². The van der Waals surface area contributed by atoms with Crippen LogP contribution in [0.3, 0.4) is 0 Å². The molecule has 0 radical (unpaired) electrons. The Kier molecular flexibility index (Phi) is 6.44. The summed E-state index contributed by atoms with van der Waals surface area (Å²) < 4.78 is 13.0. The summed E-state index contributed by atoms with van der Waals surface area (Å²) in [6.45, 7) is 3.22. The number of anilines is 1. The normalized spacial score (nSPS) is 19.2. The van der Waals surface area contributed by atoms with Gasteiger partial charge in [0, 0.05) is 37.9 Å². The number of hydrogen-bond donors (Lipinski definition) is 2. The number of hydrogen-bond acceptors (Lipinski definition) is 4. The van der Waals surface area contributed by atoms with Crippen molar-refractivity contribution in [1.29, 1.82) is 0 Å². The summed E-state index contributed by atoms with van der Waals surface area (Å²) in [5, 5.41) is 5.33. The number of benzene rings is 1. The van der Waals surface area contributed by atoms with Gasteiger partial charge in [0.15, 0.2) is 0 Å². The smallest absolute Gasteiger partial charge is 0.321 e. The van der Waals surface area contributed by atoms with E-state index in [9.17, 15) is 14.0 Å². The van der Waals surface area contributed by atoms with E-state index in [1.54, 1.807) is 12.1 Å². The first-order valence-corrected chi connectivity index (χ1v) is 9.43. The molecule has 3 rings (SSSR count). The first-order valence-electron chi connectivity index (χ1n) is 9.43. The van der Waals surface area contributed by atoms with Crippen molar-refractivity contribution in [1.82, 2.24) is 15.5 Å². The highest BCUT2D eigenvalue weighted by atomic mass is 19.1. The molecule has 2 fully saturated rings. The van der Waals surface area contributed by atoms with Crippen molar-refractivity contribution in [3.63, 3.8) is 0 Å². The second kappa shape index (κ2) is 8.98. The summed E-state index contributed by atoms with van der Waals surface area (Å²) in [4.78, 5) is 28.2. The van der Waals surface area contributed by atoms with Crippen LogP contribution in [0.1, 0.15) is 32.1 Å². The lowest BCUT2D eigenvalue weighted by Crippen LogP contribution is -2.52. The summed E-state index contributed by atoms with van der Waals surface area (Å²) in [6, 6.07) is 6.27. The number of carbonyl (C=O) groups excluding carboxylic acids is 2. The van der Waals surface area contributed by atoms with Crippen molar-refractivity contribution in [3.05, 3.63) is 30.1 Å². The molecule has 0 aromatic heterocycles. The van der Waals surface area contributed by atoms with Crippen molar-refractivity contribution >= 4 is 17.6 Å². The number of nitrogens with zero attached hydrogens (tertiary/aromatic N) is 2. The molecule has 6 nitrogen and oxygen atoms in total. The van der Waals surface area contributed by atoms with Crippen LogP contribution < -0.4 is 15.5 Å². The molecular formula is C19H27FN4O2. The molecule has 7 heteroatoms. The van der Waals surface area contributed by atoms with Gasteiger partial charge in [-0.15, -0.1) is 0 Å². The van der Waals surface area contributed by atoms with Crippen LogP contribution in [0.2, 0.25) is 0 Å². The summed E-state index contributed by atoms with van der Waals surface area (Å²) in [7, 11) is 0. The lowest BCUT2D eigenvalue weighted by Gasteiger charge is -2.35. The van der Waals surface area contributed by atoms with Gasteiger partial charge in [-0.2, -0.15) is 0 Å². The minimum atomic E-state index is -0.383. The van der Waals surface area contributed by atoms with Gasteiger partial charge in [-0.3, -0.25) is 15.0 Å². The van der Waals surface area contributed by atoms with E-state index in [-0.39, 0.29) is 30.3 Å². The van der Waals surface area contributed by atoms with Crippen LogP contribution in [-0.2, 0) is 4.79 Å². The van der Waals surface area contributed by atoms with Gasteiger partial charge in [-0.05, 0) is 37.1 Å². The summed E-state index contributed by atoms with van der Waals surface area (Å²) in [5.74, 6) is -0.510. The highest BCUT2D eigenvalue weighted by Crippen LogP contribution is 2.18. The minimum absolute atomic E-state index is 0.191. The number of halogens is 1. The molecule has 1 heterocycles. The predicted molar refractivity (Wildman–Crippen MR) is 98.6 cm³/mol. The monoisotopic (exact) mass is 362 g/mol. The molecule has 2 aliphatic rings. The first kappa shape index (κ1) is 18.6. The largest absolute Gasteiger partial charge is 0.369 e. The Balaban J connectivity index is 1.37. The Labute approximate surface area is 153 Å². The average molecular weight is 362 g/mol. The molecule has 0 spiro atoms. The molecule has 0 bridgehead atoms. The van der Waals surface area contributed by atoms with Gasteiger partial charge in [-0.25, -0.2) is 9.18 Å². The number of amides is 3. The van der Waals surface area contributed by atoms with Crippen molar-refractivity contribution in [3.8, 4) is 0 Å². The zero-order valence-corrected chi connectivity index (χ0v) is 15.0. The number of piperazine rings is 1. The fourth-order valence-corrected chi connectivity index (χ4v) is 3.65. The molecule has 142 valence electrons. The topological polar surface area (TPSA) is 64.7 Å². The predicted octanol–water partition coefficient (Wildman–Crippen LogP) is 2.11. The zero-order chi connectivity index (χ0) is 18.4. The van der Waals surface area contributed by atoms with E-state index in [0.29, 0.717) is 0 Å². The van der Waals surface area contributed by atoms with E-state index >= 15 is 0 Å². The molecule has 0 unspecified atom stereocenters. The number of imide groups is 1. The van der Waals surface area contributed by atoms with Crippen LogP contribution >= 0.6 is 0 Å². The SMILES string of the molecule is O=C(CN1CCN(c2ccc(F)cc2)CC1)NC(=O)NC1CCCCC1. The Morgan fingerprint density at radius 1 is 1.00 bits per heavy atom. The van der Waals surface area contributed by atoms with Crippen molar-refractivity contribution in [2.45, 2.75) is 38.1 Å². The van der Waals surface area contributed by atoms with E-state index in [1.807, 2.05) is 4.90 Å². The highest BCUT2D eigenvalue weighted by Gasteiger charge is 2.21. The highest BCUT2D eigenvalue weighted by molar-refractivity contribution is 5.95. The molecule has 1 aliphatic heterocycles. The van der Waals surface area contributed by atoms with Crippen LogP contribution in [0.15, 0.2) is 24.3 Å². The van der Waals surface area contributed by atoms with Crippen molar-refractivity contribution in [2.24, 2.45) is 0 Å². The van der Waals surface area contributed by atoms with Crippen LogP contribution in [0.4, 0.5) is 14.9 Å². The third kappa shape index (κ3) is 5.42. The van der Waals surface area contributed by atoms with E-state index < -0.39 is 0 Å². The van der Waals surface area contributed by atoms with E-state index in [1.165, 1.54) is 18.6 Å². The quantitative estimate of drug-likeness (QED) is 0.861. The van der Waals surface area contributed by atoms with Gasteiger partial charge in [0.05, 0.1) is 6.54 Å². The van der Waals surface area contributed by atoms with Gasteiger partial charge in [-0.1, -0.05) is 19.3 Å². The zero-order valence-electron chi connectivity index (χ0n) is 15.0. The van der Waals surface area contributed by atoms with E-state index in [4.69, 9.17) is 0 Å².